The first-order valence-corrected chi connectivity index (χ1v) is 35.7. The Morgan fingerprint density at radius 2 is 1.39 bits per heavy atom. The summed E-state index contributed by atoms with van der Waals surface area (Å²) >= 11 is 1.47. The summed E-state index contributed by atoms with van der Waals surface area (Å²) in [6.07, 6.45) is 7.47. The van der Waals surface area contributed by atoms with Gasteiger partial charge in [0.25, 0.3) is 11.8 Å². The number of carbonyl (C=O) groups excluding carboxylic acids is 12. The number of unbranched alkanes of at least 4 members (excludes halogenated alkanes) is 3. The summed E-state index contributed by atoms with van der Waals surface area (Å²) in [6.45, 7) is 14.4. The Labute approximate surface area is 592 Å². The Morgan fingerprint density at radius 1 is 0.700 bits per heavy atom. The Morgan fingerprint density at radius 3 is 2.01 bits per heavy atom. The van der Waals surface area contributed by atoms with Gasteiger partial charge in [-0.3, -0.25) is 62.5 Å². The van der Waals surface area contributed by atoms with E-state index in [-0.39, 0.29) is 73.9 Å². The van der Waals surface area contributed by atoms with E-state index < -0.39 is 115 Å². The molecule has 2 aromatic carbocycles. The lowest BCUT2D eigenvalue weighted by molar-refractivity contribution is -0.146. The maximum absolute atomic E-state index is 14.5. The number of amides is 12. The molecule has 3 aromatic rings. The average molecular weight is 1410 g/mol. The minimum atomic E-state index is -1.09. The van der Waals surface area contributed by atoms with Gasteiger partial charge in [-0.1, -0.05) is 111 Å². The molecule has 12 amide bonds. The van der Waals surface area contributed by atoms with Crippen LogP contribution in [0.2, 0.25) is 0 Å². The number of anilines is 1. The van der Waals surface area contributed by atoms with Gasteiger partial charge in [-0.05, 0) is 92.4 Å². The lowest BCUT2D eigenvalue weighted by Gasteiger charge is -2.39. The first-order chi connectivity index (χ1) is 47.7. The van der Waals surface area contributed by atoms with Gasteiger partial charge >= 0.3 is 6.09 Å². The second kappa shape index (κ2) is 41.8. The van der Waals surface area contributed by atoms with Gasteiger partial charge < -0.3 is 61.2 Å². The molecule has 10 unspecified atom stereocenters. The van der Waals surface area contributed by atoms with Crippen molar-refractivity contribution < 1.29 is 71.7 Å². The number of likely N-dealkylation sites (tertiary alicyclic amines) is 1. The second-order valence-electron chi connectivity index (χ2n) is 26.3. The number of ether oxygens (including phenoxy) is 3. The molecule has 0 spiro atoms. The molecular weight excluding hydrogens is 1300 g/mol. The highest BCUT2D eigenvalue weighted by Crippen LogP contribution is 2.31. The van der Waals surface area contributed by atoms with Gasteiger partial charge in [0.15, 0.2) is 0 Å². The summed E-state index contributed by atoms with van der Waals surface area (Å²) < 4.78 is 17.7. The van der Waals surface area contributed by atoms with Gasteiger partial charge in [0.05, 0.1) is 55.8 Å². The van der Waals surface area contributed by atoms with Crippen molar-refractivity contribution in [3.63, 3.8) is 0 Å². The zero-order valence-electron chi connectivity index (χ0n) is 60.1. The molecule has 1 aromatic heterocycles. The average Bonchev–Trinajstić information content (AvgIpc) is 1.50. The zero-order valence-corrected chi connectivity index (χ0v) is 61.0. The standard InChI is InChI=1S/C72H106N12O15S/c1-13-47(7)65(55(97-11)41-61(90)83-38-23-27-54(83)66(98-12)48(8)67(92)79-53(71-74-36-39-100-71)40-49-24-17-15-18-25-49)81(9)62(91)43-76-70(95)64(46(5)6)82(10)72(96)99-44-50-29-31-51(32-30-50)77-58(87)42-75-69(94)63(45(3)4)80-68(93)52(26-20-21-35-73-56(85)14-2)78-57(86)28-19-16-22-37-84-59(88)33-34-60(84)89/h15,17-18,24-25,29-34,36,39,45-48,52-55,63-66H,13-14,16,19-23,26-28,35,37-38,40-44H2,1-12H3,(H,73,85)(H,75,94)(H,76,95)(H,77,87)(H,78,86)(H,79,92)(H,80,93). The number of carbonyl (C=O) groups is 12. The first kappa shape index (κ1) is 82.0. The number of benzene rings is 2. The number of methoxy groups -OCH3 is 2. The van der Waals surface area contributed by atoms with Crippen LogP contribution in [0.5, 0.6) is 0 Å². The van der Waals surface area contributed by atoms with E-state index >= 15 is 0 Å². The Bertz CT molecular complexity index is 3210. The molecule has 0 aliphatic carbocycles. The van der Waals surface area contributed by atoms with Crippen molar-refractivity contribution in [3.05, 3.63) is 94.5 Å². The maximum Gasteiger partial charge on any atom is 0.410 e. The number of nitrogens with zero attached hydrogens (tertiary/aromatic N) is 5. The van der Waals surface area contributed by atoms with Crippen LogP contribution in [-0.4, -0.2) is 199 Å². The van der Waals surface area contributed by atoms with E-state index in [0.717, 1.165) is 20.4 Å². The van der Waals surface area contributed by atoms with Crippen molar-refractivity contribution in [1.82, 2.24) is 56.5 Å². The summed E-state index contributed by atoms with van der Waals surface area (Å²) in [5.74, 6) is -6.19. The van der Waals surface area contributed by atoms with Crippen molar-refractivity contribution in [2.24, 2.45) is 23.7 Å². The van der Waals surface area contributed by atoms with Crippen molar-refractivity contribution >= 4 is 88.1 Å². The number of nitrogens with one attached hydrogen (secondary N) is 7. The number of rotatable bonds is 42. The van der Waals surface area contributed by atoms with Crippen LogP contribution in [0.4, 0.5) is 10.5 Å². The van der Waals surface area contributed by atoms with Crippen LogP contribution in [0, 0.1) is 23.7 Å². The fourth-order valence-corrected chi connectivity index (χ4v) is 13.2. The van der Waals surface area contributed by atoms with Crippen LogP contribution in [0.25, 0.3) is 0 Å². The number of imide groups is 1. The van der Waals surface area contributed by atoms with Crippen LogP contribution < -0.4 is 37.2 Å². The van der Waals surface area contributed by atoms with E-state index in [2.05, 4.69) is 42.2 Å². The summed E-state index contributed by atoms with van der Waals surface area (Å²) in [4.78, 5) is 169. The molecular formula is C72H106N12O15S. The molecule has 0 saturated carbocycles. The monoisotopic (exact) mass is 1410 g/mol. The number of hydrogen-bond acceptors (Lipinski definition) is 17. The van der Waals surface area contributed by atoms with E-state index in [1.807, 2.05) is 56.5 Å². The smallest absolute Gasteiger partial charge is 0.410 e. The Kier molecular flexibility index (Phi) is 34.3. The Balaban J connectivity index is 1.09. The highest BCUT2D eigenvalue weighted by atomic mass is 32.1. The lowest BCUT2D eigenvalue weighted by Crippen LogP contribution is -2.56. The van der Waals surface area contributed by atoms with E-state index in [9.17, 15) is 57.5 Å². The van der Waals surface area contributed by atoms with Crippen molar-refractivity contribution in [1.29, 1.82) is 0 Å². The predicted octanol–water partition coefficient (Wildman–Crippen LogP) is 5.74. The van der Waals surface area contributed by atoms with Crippen LogP contribution in [-0.2, 0) is 80.0 Å². The molecule has 0 radical (unpaired) electrons. The van der Waals surface area contributed by atoms with Crippen LogP contribution in [0.15, 0.2) is 78.3 Å². The van der Waals surface area contributed by atoms with Crippen LogP contribution in [0.3, 0.4) is 0 Å². The fraction of sp³-hybridized carbons (Fsp3) is 0.597. The number of thiazole rings is 1. The number of hydrogen-bond donors (Lipinski definition) is 7. The normalized spacial score (nSPS) is 16.3. The van der Waals surface area contributed by atoms with Gasteiger partial charge in [-0.15, -0.1) is 11.3 Å². The molecule has 28 heteroatoms. The van der Waals surface area contributed by atoms with Crippen LogP contribution in [0.1, 0.15) is 155 Å². The molecule has 3 heterocycles. The summed E-state index contributed by atoms with van der Waals surface area (Å²) in [5.41, 5.74) is 1.95. The Hall–Kier alpha value is -8.63. The molecule has 100 heavy (non-hydrogen) atoms. The molecule has 0 bridgehead atoms. The van der Waals surface area contributed by atoms with Gasteiger partial charge in [-0.25, -0.2) is 9.78 Å². The largest absolute Gasteiger partial charge is 0.445 e. The number of likely N-dealkylation sites (N-methyl/N-ethyl adjacent to an activating group) is 2. The molecule has 10 atom stereocenters. The quantitative estimate of drug-likeness (QED) is 0.0263. The lowest BCUT2D eigenvalue weighted by atomic mass is 9.90. The van der Waals surface area contributed by atoms with E-state index in [1.165, 1.54) is 42.5 Å². The minimum Gasteiger partial charge on any atom is -0.445 e. The first-order valence-electron chi connectivity index (χ1n) is 34.8. The topological polar surface area (TPSA) is 343 Å². The molecule has 1 saturated heterocycles. The molecule has 5 rings (SSSR count). The van der Waals surface area contributed by atoms with Gasteiger partial charge in [0, 0.05) is 90.2 Å². The maximum atomic E-state index is 14.5. The van der Waals surface area contributed by atoms with E-state index in [1.54, 1.807) is 84.1 Å². The van der Waals surface area contributed by atoms with Gasteiger partial charge in [-0.2, -0.15) is 0 Å². The molecule has 7 N–H and O–H groups in total. The minimum absolute atomic E-state index is 0.0673. The second-order valence-corrected chi connectivity index (χ2v) is 27.2. The zero-order chi connectivity index (χ0) is 73.6. The third-order valence-corrected chi connectivity index (χ3v) is 19.2. The summed E-state index contributed by atoms with van der Waals surface area (Å²) in [6, 6.07) is 11.7. The van der Waals surface area contributed by atoms with Gasteiger partial charge in [0.1, 0.15) is 29.7 Å². The molecule has 27 nitrogen and oxygen atoms in total. The van der Waals surface area contributed by atoms with Crippen LogP contribution >= 0.6 is 11.3 Å². The van der Waals surface area contributed by atoms with Gasteiger partial charge in [0.2, 0.25) is 53.2 Å². The molecule has 2 aliphatic rings. The third kappa shape index (κ3) is 25.2. The number of aromatic nitrogens is 1. The third-order valence-electron chi connectivity index (χ3n) is 18.3. The highest BCUT2D eigenvalue weighted by Gasteiger charge is 2.43. The molecule has 2 aliphatic heterocycles. The highest BCUT2D eigenvalue weighted by molar-refractivity contribution is 7.09. The van der Waals surface area contributed by atoms with Crippen molar-refractivity contribution in [2.45, 2.75) is 194 Å². The SMILES string of the molecule is CCC(=O)NCCCCC(NC(=O)CCCCCN1C(=O)C=CC1=O)C(=O)NC(C(=O)NCC(=O)Nc1ccc(COC(=O)N(C)C(C(=O)NCC(=O)N(C)C(C(C)CC)C(CC(=O)N2CCCC2C(OC)C(C)C(=O)NC(Cc2ccccc2)c2nccs2)OC)C(C)C)cc1)C(C)C. The summed E-state index contributed by atoms with van der Waals surface area (Å²) in [5, 5.41) is 22.2. The summed E-state index contributed by atoms with van der Waals surface area (Å²) in [7, 11) is 6.09. The van der Waals surface area contributed by atoms with Crippen molar-refractivity contribution in [2.75, 3.05) is 66.4 Å². The van der Waals surface area contributed by atoms with Crippen molar-refractivity contribution in [3.8, 4) is 0 Å². The van der Waals surface area contributed by atoms with E-state index in [0.29, 0.717) is 88.5 Å². The molecule has 550 valence electrons. The fourth-order valence-electron chi connectivity index (χ4n) is 12.5. The molecule has 1 fully saturated rings. The van der Waals surface area contributed by atoms with E-state index in [4.69, 9.17) is 14.2 Å². The predicted molar refractivity (Wildman–Crippen MR) is 377 cm³/mol.